The zero-order valence-corrected chi connectivity index (χ0v) is 20.7. The van der Waals surface area contributed by atoms with Crippen molar-refractivity contribution >= 4 is 23.3 Å². The van der Waals surface area contributed by atoms with Gasteiger partial charge in [0.25, 0.3) is 0 Å². The number of likely N-dealkylation sites (N-methyl/N-ethyl adjacent to an activating group) is 2. The van der Waals surface area contributed by atoms with E-state index >= 15 is 0 Å². The Morgan fingerprint density at radius 3 is 2.33 bits per heavy atom. The maximum Gasteiger partial charge on any atom is 0.229 e. The lowest BCUT2D eigenvalue weighted by molar-refractivity contribution is 0.280. The Hall–Kier alpha value is -3.32. The van der Waals surface area contributed by atoms with Gasteiger partial charge in [0, 0.05) is 58.1 Å². The second-order valence-corrected chi connectivity index (χ2v) is 8.40. The van der Waals surface area contributed by atoms with Crippen molar-refractivity contribution in [3.8, 4) is 5.75 Å². The summed E-state index contributed by atoms with van der Waals surface area (Å²) in [5, 5.41) is 3.41. The van der Waals surface area contributed by atoms with Crippen LogP contribution >= 0.6 is 0 Å². The van der Waals surface area contributed by atoms with Gasteiger partial charge in [0.2, 0.25) is 5.95 Å². The summed E-state index contributed by atoms with van der Waals surface area (Å²) in [7, 11) is 7.75. The molecular weight excluding hydrogens is 412 g/mol. The van der Waals surface area contributed by atoms with Crippen LogP contribution in [0.4, 0.5) is 23.3 Å². The Morgan fingerprint density at radius 2 is 1.67 bits per heavy atom. The zero-order valence-electron chi connectivity index (χ0n) is 20.7. The molecule has 0 amide bonds. The Kier molecular flexibility index (Phi) is 8.49. The van der Waals surface area contributed by atoms with E-state index in [2.05, 4.69) is 65.4 Å². The SMILES string of the molecule is CCN(CCN(C)c1nc(Nc2ccc(C)cc2)cc(N(C)C)n1)Cc1ccccc1OC. The highest BCUT2D eigenvalue weighted by atomic mass is 16.5. The Labute approximate surface area is 198 Å². The highest BCUT2D eigenvalue weighted by Gasteiger charge is 2.13. The van der Waals surface area contributed by atoms with Crippen molar-refractivity contribution in [1.82, 2.24) is 14.9 Å². The summed E-state index contributed by atoms with van der Waals surface area (Å²) in [5.74, 6) is 3.27. The lowest BCUT2D eigenvalue weighted by Crippen LogP contribution is -2.34. The second kappa shape index (κ2) is 11.5. The second-order valence-electron chi connectivity index (χ2n) is 8.40. The fraction of sp³-hybridized carbons (Fsp3) is 0.385. The van der Waals surface area contributed by atoms with Gasteiger partial charge in [0.15, 0.2) is 0 Å². The monoisotopic (exact) mass is 448 g/mol. The Balaban J connectivity index is 1.71. The molecule has 0 aliphatic rings. The van der Waals surface area contributed by atoms with Crippen LogP contribution < -0.4 is 19.9 Å². The fourth-order valence-corrected chi connectivity index (χ4v) is 3.49. The molecule has 176 valence electrons. The van der Waals surface area contributed by atoms with Gasteiger partial charge in [0.05, 0.1) is 7.11 Å². The van der Waals surface area contributed by atoms with Crippen LogP contribution in [0.2, 0.25) is 0 Å². The van der Waals surface area contributed by atoms with Crippen molar-refractivity contribution < 1.29 is 4.74 Å². The van der Waals surface area contributed by atoms with Crippen LogP contribution in [0.3, 0.4) is 0 Å². The summed E-state index contributed by atoms with van der Waals surface area (Å²) >= 11 is 0. The number of nitrogens with one attached hydrogen (secondary N) is 1. The number of methoxy groups -OCH3 is 1. The van der Waals surface area contributed by atoms with E-state index in [-0.39, 0.29) is 0 Å². The van der Waals surface area contributed by atoms with Crippen LogP contribution in [0.15, 0.2) is 54.6 Å². The van der Waals surface area contributed by atoms with Gasteiger partial charge >= 0.3 is 0 Å². The third-order valence-corrected chi connectivity index (χ3v) is 5.61. The van der Waals surface area contributed by atoms with E-state index in [1.807, 2.05) is 44.2 Å². The minimum atomic E-state index is 0.698. The topological polar surface area (TPSA) is 56.8 Å². The summed E-state index contributed by atoms with van der Waals surface area (Å²) in [6.07, 6.45) is 0. The number of benzene rings is 2. The number of hydrogen-bond donors (Lipinski definition) is 1. The van der Waals surface area contributed by atoms with Crippen LogP contribution in [0.1, 0.15) is 18.1 Å². The maximum absolute atomic E-state index is 5.52. The molecule has 0 unspecified atom stereocenters. The smallest absolute Gasteiger partial charge is 0.229 e. The quantitative estimate of drug-likeness (QED) is 0.461. The third kappa shape index (κ3) is 6.83. The molecule has 0 aliphatic heterocycles. The molecule has 3 rings (SSSR count). The molecule has 1 aromatic heterocycles. The first-order valence-electron chi connectivity index (χ1n) is 11.3. The van der Waals surface area contributed by atoms with Crippen LogP contribution in [0.25, 0.3) is 0 Å². The van der Waals surface area contributed by atoms with Crippen LogP contribution in [0, 0.1) is 6.92 Å². The molecule has 0 fully saturated rings. The van der Waals surface area contributed by atoms with Gasteiger partial charge in [-0.15, -0.1) is 0 Å². The highest BCUT2D eigenvalue weighted by Crippen LogP contribution is 2.23. The molecule has 1 heterocycles. The minimum Gasteiger partial charge on any atom is -0.496 e. The average molecular weight is 449 g/mol. The lowest BCUT2D eigenvalue weighted by Gasteiger charge is -2.26. The van der Waals surface area contributed by atoms with Gasteiger partial charge in [-0.05, 0) is 31.7 Å². The molecule has 33 heavy (non-hydrogen) atoms. The molecule has 0 radical (unpaired) electrons. The molecule has 0 saturated carbocycles. The standard InChI is InChI=1S/C26H36N6O/c1-7-32(19-21-10-8-9-11-23(21)33-6)17-16-31(5)26-28-24(18-25(29-26)30(3)4)27-22-14-12-20(2)13-15-22/h8-15,18H,7,16-17,19H2,1-6H3,(H,27,28,29). The van der Waals surface area contributed by atoms with Crippen LogP contribution in [0.5, 0.6) is 5.75 Å². The van der Waals surface area contributed by atoms with E-state index in [0.29, 0.717) is 5.95 Å². The number of rotatable bonds is 11. The largest absolute Gasteiger partial charge is 0.496 e. The number of nitrogens with zero attached hydrogens (tertiary/aromatic N) is 5. The molecule has 0 aliphatic carbocycles. The van der Waals surface area contributed by atoms with Crippen molar-refractivity contribution in [3.63, 3.8) is 0 Å². The van der Waals surface area contributed by atoms with Crippen LogP contribution in [-0.4, -0.2) is 62.8 Å². The van der Waals surface area contributed by atoms with Gasteiger partial charge in [-0.25, -0.2) is 0 Å². The molecule has 0 spiro atoms. The lowest BCUT2D eigenvalue weighted by atomic mass is 10.2. The van der Waals surface area contributed by atoms with E-state index in [1.165, 1.54) is 11.1 Å². The van der Waals surface area contributed by atoms with Gasteiger partial charge in [-0.1, -0.05) is 42.8 Å². The number of para-hydroxylation sites is 1. The molecule has 0 bridgehead atoms. The number of anilines is 4. The predicted octanol–water partition coefficient (Wildman–Crippen LogP) is 4.56. The molecule has 2 aromatic carbocycles. The average Bonchev–Trinajstić information content (AvgIpc) is 2.83. The molecule has 7 nitrogen and oxygen atoms in total. The molecule has 3 aromatic rings. The number of aromatic nitrogens is 2. The van der Waals surface area contributed by atoms with E-state index in [0.717, 1.165) is 49.3 Å². The minimum absolute atomic E-state index is 0.698. The first-order chi connectivity index (χ1) is 15.9. The van der Waals surface area contributed by atoms with E-state index in [4.69, 9.17) is 14.7 Å². The van der Waals surface area contributed by atoms with E-state index in [1.54, 1.807) is 7.11 Å². The van der Waals surface area contributed by atoms with Gasteiger partial charge in [-0.2, -0.15) is 9.97 Å². The molecule has 1 N–H and O–H groups in total. The van der Waals surface area contributed by atoms with E-state index in [9.17, 15) is 0 Å². The first kappa shape index (κ1) is 24.3. The summed E-state index contributed by atoms with van der Waals surface area (Å²) in [4.78, 5) is 16.1. The normalized spacial score (nSPS) is 10.9. The van der Waals surface area contributed by atoms with Gasteiger partial charge in [0.1, 0.15) is 17.4 Å². The third-order valence-electron chi connectivity index (χ3n) is 5.61. The van der Waals surface area contributed by atoms with Crippen molar-refractivity contribution in [2.24, 2.45) is 0 Å². The summed E-state index contributed by atoms with van der Waals surface area (Å²) in [5.41, 5.74) is 3.43. The number of aryl methyl sites for hydroxylation is 1. The van der Waals surface area contributed by atoms with Crippen molar-refractivity contribution in [2.45, 2.75) is 20.4 Å². The van der Waals surface area contributed by atoms with Crippen molar-refractivity contribution in [3.05, 3.63) is 65.7 Å². The Morgan fingerprint density at radius 1 is 0.939 bits per heavy atom. The van der Waals surface area contributed by atoms with Gasteiger partial charge < -0.3 is 19.9 Å². The maximum atomic E-state index is 5.52. The highest BCUT2D eigenvalue weighted by molar-refractivity contribution is 5.61. The molecular formula is C26H36N6O. The fourth-order valence-electron chi connectivity index (χ4n) is 3.49. The zero-order chi connectivity index (χ0) is 23.8. The summed E-state index contributed by atoms with van der Waals surface area (Å²) < 4.78 is 5.52. The number of ether oxygens (including phenoxy) is 1. The van der Waals surface area contributed by atoms with Crippen molar-refractivity contribution in [1.29, 1.82) is 0 Å². The predicted molar refractivity (Wildman–Crippen MR) is 138 cm³/mol. The first-order valence-corrected chi connectivity index (χ1v) is 11.3. The molecule has 7 heteroatoms. The molecule has 0 saturated heterocycles. The summed E-state index contributed by atoms with van der Waals surface area (Å²) in [6.45, 7) is 7.75. The van der Waals surface area contributed by atoms with Crippen LogP contribution in [-0.2, 0) is 6.54 Å². The van der Waals surface area contributed by atoms with E-state index < -0.39 is 0 Å². The summed E-state index contributed by atoms with van der Waals surface area (Å²) in [6, 6.07) is 18.5. The van der Waals surface area contributed by atoms with Crippen molar-refractivity contribution in [2.75, 3.05) is 63.0 Å². The molecule has 0 atom stereocenters. The number of hydrogen-bond acceptors (Lipinski definition) is 7. The van der Waals surface area contributed by atoms with Gasteiger partial charge in [-0.3, -0.25) is 4.90 Å². The Bertz CT molecular complexity index is 1020.